The fourth-order valence-electron chi connectivity index (χ4n) is 4.51. The van der Waals surface area contributed by atoms with Crippen molar-refractivity contribution in [2.24, 2.45) is 14.1 Å². The number of anilines is 2. The molecular weight excluding hydrogens is 490 g/mol. The molecule has 0 saturated carbocycles. The first-order chi connectivity index (χ1) is 17.9. The van der Waals surface area contributed by atoms with E-state index in [9.17, 15) is 9.59 Å². The lowest BCUT2D eigenvalue weighted by Gasteiger charge is -2.08. The third kappa shape index (κ3) is 3.89. The van der Waals surface area contributed by atoms with Crippen LogP contribution >= 0.6 is 11.6 Å². The molecule has 2 N–H and O–H groups in total. The van der Waals surface area contributed by atoms with E-state index >= 15 is 0 Å². The summed E-state index contributed by atoms with van der Waals surface area (Å²) in [6, 6.07) is 21.2. The second kappa shape index (κ2) is 8.79. The quantitative estimate of drug-likeness (QED) is 0.356. The van der Waals surface area contributed by atoms with Crippen LogP contribution in [0.2, 0.25) is 5.02 Å². The van der Waals surface area contributed by atoms with Crippen molar-refractivity contribution < 1.29 is 0 Å². The van der Waals surface area contributed by atoms with E-state index in [4.69, 9.17) is 11.6 Å². The van der Waals surface area contributed by atoms with Crippen molar-refractivity contribution in [2.75, 3.05) is 5.32 Å². The van der Waals surface area contributed by atoms with Gasteiger partial charge in [-0.3, -0.25) is 13.9 Å². The van der Waals surface area contributed by atoms with Gasteiger partial charge in [0, 0.05) is 47.5 Å². The second-order valence-electron chi connectivity index (χ2n) is 8.82. The predicted molar refractivity (Wildman–Crippen MR) is 146 cm³/mol. The Balaban J connectivity index is 1.37. The number of rotatable bonds is 5. The lowest BCUT2D eigenvalue weighted by atomic mass is 10.1. The van der Waals surface area contributed by atoms with Crippen LogP contribution in [-0.4, -0.2) is 28.7 Å². The normalized spacial score (nSPS) is 11.4. The third-order valence-corrected chi connectivity index (χ3v) is 6.80. The zero-order valence-electron chi connectivity index (χ0n) is 20.1. The number of aryl methyl sites for hydroxylation is 2. The number of halogens is 1. The van der Waals surface area contributed by atoms with E-state index in [0.29, 0.717) is 28.0 Å². The van der Waals surface area contributed by atoms with Crippen molar-refractivity contribution in [3.63, 3.8) is 0 Å². The van der Waals surface area contributed by atoms with Crippen molar-refractivity contribution in [3.8, 4) is 11.1 Å². The topological polar surface area (TPSA) is 103 Å². The molecule has 184 valence electrons. The molecule has 6 rings (SSSR count). The molecular formula is C27H22ClN7O2. The minimum atomic E-state index is -0.461. The molecule has 0 aliphatic heterocycles. The van der Waals surface area contributed by atoms with Crippen LogP contribution in [0, 0.1) is 0 Å². The molecule has 0 atom stereocenters. The third-order valence-electron chi connectivity index (χ3n) is 6.47. The molecule has 4 heterocycles. The summed E-state index contributed by atoms with van der Waals surface area (Å²) in [5, 5.41) is 4.60. The smallest absolute Gasteiger partial charge is 0.332 e. The fourth-order valence-corrected chi connectivity index (χ4v) is 4.74. The number of aromatic nitrogens is 6. The van der Waals surface area contributed by atoms with Crippen LogP contribution in [0.5, 0.6) is 0 Å². The van der Waals surface area contributed by atoms with E-state index in [1.54, 1.807) is 30.9 Å². The number of imidazole rings is 1. The number of hydrogen-bond acceptors (Lipinski definition) is 5. The summed E-state index contributed by atoms with van der Waals surface area (Å²) in [7, 11) is 3.33. The summed E-state index contributed by atoms with van der Waals surface area (Å²) >= 11 is 6.29. The van der Waals surface area contributed by atoms with Crippen LogP contribution in [0.1, 0.15) is 5.69 Å². The van der Waals surface area contributed by atoms with Crippen LogP contribution in [0.3, 0.4) is 0 Å². The highest BCUT2D eigenvalue weighted by Crippen LogP contribution is 2.25. The number of nitrogens with one attached hydrogen (secondary N) is 2. The van der Waals surface area contributed by atoms with E-state index in [-0.39, 0.29) is 12.2 Å². The van der Waals surface area contributed by atoms with Gasteiger partial charge in [-0.2, -0.15) is 4.98 Å². The SMILES string of the molecule is Cn1c(Nc2ccc(-c3ccccc3)cn2)nc2c1c(=O)n(Cc1cc3c(Cl)cccc3[nH]1)c(=O)n2C. The molecule has 0 unspecified atom stereocenters. The standard InChI is InChI=1S/C27H22ClN7O2/c1-33-23-24(32-26(33)31-22-12-11-17(14-29-22)16-7-4-3-5-8-16)34(2)27(37)35(25(23)36)15-18-13-19-20(28)9-6-10-21(19)30-18/h3-14,30H,15H2,1-2H3,(H,29,31,32). The van der Waals surface area contributed by atoms with Crippen LogP contribution in [0.25, 0.3) is 33.2 Å². The average Bonchev–Trinajstić information content (AvgIpc) is 3.48. The molecule has 0 amide bonds. The highest BCUT2D eigenvalue weighted by atomic mass is 35.5. The first-order valence-electron chi connectivity index (χ1n) is 11.6. The molecule has 0 aliphatic rings. The molecule has 0 fully saturated rings. The second-order valence-corrected chi connectivity index (χ2v) is 9.23. The Bertz CT molecular complexity index is 1900. The van der Waals surface area contributed by atoms with Gasteiger partial charge in [0.25, 0.3) is 5.56 Å². The Morgan fingerprint density at radius 3 is 2.49 bits per heavy atom. The summed E-state index contributed by atoms with van der Waals surface area (Å²) in [6.07, 6.45) is 1.77. The van der Waals surface area contributed by atoms with Crippen molar-refractivity contribution in [3.05, 3.63) is 104 Å². The van der Waals surface area contributed by atoms with Gasteiger partial charge < -0.3 is 14.9 Å². The molecule has 0 saturated heterocycles. The first kappa shape index (κ1) is 22.8. The Labute approximate surface area is 215 Å². The van der Waals surface area contributed by atoms with Gasteiger partial charge >= 0.3 is 5.69 Å². The van der Waals surface area contributed by atoms with Crippen LogP contribution in [0.4, 0.5) is 11.8 Å². The number of H-pyrrole nitrogens is 1. The van der Waals surface area contributed by atoms with Gasteiger partial charge in [-0.1, -0.05) is 48.0 Å². The molecule has 0 aliphatic carbocycles. The number of hydrogen-bond donors (Lipinski definition) is 2. The number of benzene rings is 2. The number of aromatic amines is 1. The summed E-state index contributed by atoms with van der Waals surface area (Å²) in [5.74, 6) is 0.968. The molecule has 0 spiro atoms. The fraction of sp³-hybridized carbons (Fsp3) is 0.111. The molecule has 0 radical (unpaired) electrons. The van der Waals surface area contributed by atoms with Crippen LogP contribution in [0.15, 0.2) is 82.5 Å². The Morgan fingerprint density at radius 1 is 0.946 bits per heavy atom. The maximum Gasteiger partial charge on any atom is 0.332 e. The molecule has 6 aromatic rings. The predicted octanol–water partition coefficient (Wildman–Crippen LogP) is 4.42. The summed E-state index contributed by atoms with van der Waals surface area (Å²) < 4.78 is 4.21. The lowest BCUT2D eigenvalue weighted by Crippen LogP contribution is -2.39. The highest BCUT2D eigenvalue weighted by Gasteiger charge is 2.19. The maximum absolute atomic E-state index is 13.5. The van der Waals surface area contributed by atoms with Crippen LogP contribution < -0.4 is 16.6 Å². The van der Waals surface area contributed by atoms with E-state index in [1.165, 1.54) is 9.13 Å². The van der Waals surface area contributed by atoms with Gasteiger partial charge in [0.1, 0.15) is 5.82 Å². The molecule has 4 aromatic heterocycles. The van der Waals surface area contributed by atoms with Gasteiger partial charge in [-0.05, 0) is 35.9 Å². The molecule has 9 nitrogen and oxygen atoms in total. The van der Waals surface area contributed by atoms with Gasteiger partial charge in [0.2, 0.25) is 5.95 Å². The summed E-state index contributed by atoms with van der Waals surface area (Å²) in [4.78, 5) is 38.9. The van der Waals surface area contributed by atoms with Gasteiger partial charge in [-0.25, -0.2) is 9.78 Å². The summed E-state index contributed by atoms with van der Waals surface area (Å²) in [5.41, 5.74) is 3.29. The molecule has 10 heteroatoms. The monoisotopic (exact) mass is 511 g/mol. The minimum absolute atomic E-state index is 0.0723. The molecule has 0 bridgehead atoms. The van der Waals surface area contributed by atoms with Gasteiger partial charge in [-0.15, -0.1) is 0 Å². The first-order valence-corrected chi connectivity index (χ1v) is 12.0. The van der Waals surface area contributed by atoms with Crippen molar-refractivity contribution in [1.82, 2.24) is 28.7 Å². The maximum atomic E-state index is 13.5. The van der Waals surface area contributed by atoms with E-state index < -0.39 is 11.2 Å². The van der Waals surface area contributed by atoms with Crippen molar-refractivity contribution >= 4 is 45.4 Å². The van der Waals surface area contributed by atoms with Crippen LogP contribution in [-0.2, 0) is 20.6 Å². The number of pyridine rings is 1. The average molecular weight is 512 g/mol. The van der Waals surface area contributed by atoms with Gasteiger partial charge in [0.05, 0.1) is 6.54 Å². The largest absolute Gasteiger partial charge is 0.357 e. The van der Waals surface area contributed by atoms with Crippen molar-refractivity contribution in [1.29, 1.82) is 0 Å². The van der Waals surface area contributed by atoms with E-state index in [0.717, 1.165) is 22.0 Å². The molecule has 2 aromatic carbocycles. The number of fused-ring (bicyclic) bond motifs is 2. The Kier molecular flexibility index (Phi) is 5.42. The number of nitrogens with zero attached hydrogens (tertiary/aromatic N) is 5. The molecule has 37 heavy (non-hydrogen) atoms. The Hall–Kier alpha value is -4.63. The van der Waals surface area contributed by atoms with Crippen molar-refractivity contribution in [2.45, 2.75) is 6.54 Å². The van der Waals surface area contributed by atoms with E-state index in [2.05, 4.69) is 20.3 Å². The lowest BCUT2D eigenvalue weighted by molar-refractivity contribution is 0.648. The zero-order chi connectivity index (χ0) is 25.7. The van der Waals surface area contributed by atoms with E-state index in [1.807, 2.05) is 60.7 Å². The minimum Gasteiger partial charge on any atom is -0.357 e. The highest BCUT2D eigenvalue weighted by molar-refractivity contribution is 6.35. The summed E-state index contributed by atoms with van der Waals surface area (Å²) in [6.45, 7) is 0.0723. The zero-order valence-corrected chi connectivity index (χ0v) is 20.8. The Morgan fingerprint density at radius 2 is 1.76 bits per heavy atom. The van der Waals surface area contributed by atoms with Gasteiger partial charge in [0.15, 0.2) is 11.2 Å².